The zero-order chi connectivity index (χ0) is 36.6. The summed E-state index contributed by atoms with van der Waals surface area (Å²) in [6.07, 6.45) is -1.90. The first kappa shape index (κ1) is 33.4. The molecule has 7 aliphatic carbocycles. The first-order chi connectivity index (χ1) is 24.4. The van der Waals surface area contributed by atoms with Gasteiger partial charge in [0.05, 0.1) is 25.4 Å². The topological polar surface area (TPSA) is 186 Å². The molecule has 4 N–H and O–H groups in total. The lowest BCUT2D eigenvalue weighted by atomic mass is 9.40. The first-order valence-electron chi connectivity index (χ1n) is 19.9. The summed E-state index contributed by atoms with van der Waals surface area (Å²) in [6.45, 7) is 8.35. The molecule has 18 atom stereocenters. The molecule has 4 heterocycles. The quantitative estimate of drug-likeness (QED) is 0.211. The minimum atomic E-state index is -1.73. The van der Waals surface area contributed by atoms with Gasteiger partial charge in [-0.3, -0.25) is 19.2 Å². The highest BCUT2D eigenvalue weighted by Crippen LogP contribution is 2.85. The van der Waals surface area contributed by atoms with Gasteiger partial charge in [-0.25, -0.2) is 0 Å². The van der Waals surface area contributed by atoms with E-state index in [2.05, 4.69) is 27.7 Å². The van der Waals surface area contributed by atoms with Gasteiger partial charge in [0.2, 0.25) is 0 Å². The Kier molecular flexibility index (Phi) is 6.00. The van der Waals surface area contributed by atoms with Crippen LogP contribution in [0.3, 0.4) is 0 Å². The van der Waals surface area contributed by atoms with Gasteiger partial charge in [0.25, 0.3) is 0 Å². The van der Waals surface area contributed by atoms with E-state index < -0.39 is 128 Å². The second-order valence-corrected chi connectivity index (χ2v) is 20.8. The molecule has 7 saturated carbocycles. The van der Waals surface area contributed by atoms with Crippen LogP contribution in [0.15, 0.2) is 0 Å². The van der Waals surface area contributed by atoms with Gasteiger partial charge in [0.1, 0.15) is 23.0 Å². The molecule has 4 bridgehead atoms. The Morgan fingerprint density at radius 3 is 1.31 bits per heavy atom. The molecule has 12 nitrogen and oxygen atoms in total. The Morgan fingerprint density at radius 2 is 0.942 bits per heavy atom. The smallest absolute Gasteiger partial charge is 0.320 e. The van der Waals surface area contributed by atoms with Crippen LogP contribution in [0.1, 0.15) is 91.9 Å². The molecular formula is C40H52O12. The lowest BCUT2D eigenvalue weighted by Gasteiger charge is -2.62. The number of aliphatic hydroxyl groups is 4. The maximum atomic E-state index is 15.9. The van der Waals surface area contributed by atoms with E-state index in [-0.39, 0.29) is 50.5 Å². The number of carbonyl (C=O) groups is 4. The number of Topliss-reactive ketones (excluding diaryl/α,β-unsaturated/α-hetero) is 2. The van der Waals surface area contributed by atoms with Crippen LogP contribution in [-0.2, 0) is 38.1 Å². The first-order valence-corrected chi connectivity index (χ1v) is 19.9. The Morgan fingerprint density at radius 1 is 0.558 bits per heavy atom. The zero-order valence-corrected chi connectivity index (χ0v) is 30.5. The molecule has 0 radical (unpaired) electrons. The van der Waals surface area contributed by atoms with Gasteiger partial charge in [-0.05, 0) is 86.9 Å². The Hall–Kier alpha value is -1.96. The van der Waals surface area contributed by atoms with E-state index in [9.17, 15) is 30.0 Å². The van der Waals surface area contributed by atoms with Crippen LogP contribution in [0.2, 0.25) is 0 Å². The fraction of sp³-hybridized carbons (Fsp3) is 0.900. The standard InChI is InChI=1S/C40H52O12/c1-33(2)7-5-21-37(15-49-27(43)25(33)37)23-19(41)11-17-13-35(23,31(47)51-21)29(45)39(17)9-10-40(39)18-12-20(42)24-36(14-18,30(40)46)32(48)52-22-6-8-34(3,4)26-28(44)50-16-38(22,24)26/h17-28,41-44H,5-16H2,1-4H3/t17-,18-,19+,20+,21+,22+,23-,24-,25-,26-,27-,28-,35+,36+,37+,38+,39+,40+/m1/s1. The summed E-state index contributed by atoms with van der Waals surface area (Å²) in [5.74, 6) is -5.72. The normalized spacial score (nSPS) is 61.2. The van der Waals surface area contributed by atoms with Crippen molar-refractivity contribution in [3.05, 3.63) is 0 Å². The third kappa shape index (κ3) is 3.01. The molecule has 0 unspecified atom stereocenters. The van der Waals surface area contributed by atoms with Gasteiger partial charge < -0.3 is 39.4 Å². The van der Waals surface area contributed by atoms with Crippen LogP contribution in [0, 0.1) is 78.8 Å². The summed E-state index contributed by atoms with van der Waals surface area (Å²) >= 11 is 0. The van der Waals surface area contributed by atoms with E-state index in [0.29, 0.717) is 38.5 Å². The summed E-state index contributed by atoms with van der Waals surface area (Å²) < 4.78 is 24.6. The number of hydrogen-bond acceptors (Lipinski definition) is 12. The van der Waals surface area contributed by atoms with Crippen molar-refractivity contribution in [2.75, 3.05) is 13.2 Å². The summed E-state index contributed by atoms with van der Waals surface area (Å²) in [5.41, 5.74) is -8.91. The zero-order valence-electron chi connectivity index (χ0n) is 30.5. The molecule has 4 saturated heterocycles. The highest BCUT2D eigenvalue weighted by atomic mass is 16.6. The fourth-order valence-electron chi connectivity index (χ4n) is 17.6. The minimum Gasteiger partial charge on any atom is -0.461 e. The van der Waals surface area contributed by atoms with Crippen LogP contribution in [0.5, 0.6) is 0 Å². The fourth-order valence-corrected chi connectivity index (χ4v) is 17.6. The monoisotopic (exact) mass is 724 g/mol. The predicted octanol–water partition coefficient (Wildman–Crippen LogP) is 2.06. The van der Waals surface area contributed by atoms with E-state index in [4.69, 9.17) is 18.9 Å². The number of ether oxygens (including phenoxy) is 4. The molecule has 0 aromatic rings. The molecule has 11 fully saturated rings. The van der Waals surface area contributed by atoms with Crippen molar-refractivity contribution in [3.63, 3.8) is 0 Å². The number of hydrogen-bond donors (Lipinski definition) is 4. The summed E-state index contributed by atoms with van der Waals surface area (Å²) in [5, 5.41) is 47.3. The number of ketones is 2. The second kappa shape index (κ2) is 9.35. The van der Waals surface area contributed by atoms with E-state index in [0.717, 1.165) is 0 Å². The van der Waals surface area contributed by atoms with Gasteiger partial charge >= 0.3 is 11.9 Å². The van der Waals surface area contributed by atoms with Crippen molar-refractivity contribution in [1.29, 1.82) is 0 Å². The Labute approximate surface area is 302 Å². The number of esters is 2. The molecule has 4 aliphatic heterocycles. The summed E-state index contributed by atoms with van der Waals surface area (Å²) in [6, 6.07) is 0. The minimum absolute atomic E-state index is 0.0544. The van der Waals surface area contributed by atoms with Gasteiger partial charge in [0.15, 0.2) is 24.1 Å². The molecule has 0 aromatic carbocycles. The number of carbonyl (C=O) groups excluding carboxylic acids is 4. The maximum absolute atomic E-state index is 15.9. The van der Waals surface area contributed by atoms with Gasteiger partial charge in [-0.1, -0.05) is 27.7 Å². The molecule has 0 aromatic heterocycles. The highest BCUT2D eigenvalue weighted by Gasteiger charge is 2.92. The average Bonchev–Trinajstić information content (AvgIpc) is 3.72. The number of fused-ring (bicyclic) bond motifs is 5. The lowest BCUT2D eigenvalue weighted by molar-refractivity contribution is -0.252. The van der Waals surface area contributed by atoms with Gasteiger partial charge in [0, 0.05) is 45.3 Å². The molecule has 284 valence electrons. The van der Waals surface area contributed by atoms with Crippen LogP contribution in [0.25, 0.3) is 0 Å². The van der Waals surface area contributed by atoms with Crippen molar-refractivity contribution in [1.82, 2.24) is 0 Å². The Bertz CT molecular complexity index is 1620. The molecule has 6 spiro atoms. The number of aliphatic hydroxyl groups excluding tert-OH is 4. The Balaban J connectivity index is 1.06. The third-order valence-corrected chi connectivity index (χ3v) is 18.9. The van der Waals surface area contributed by atoms with E-state index >= 15 is 9.59 Å². The van der Waals surface area contributed by atoms with Gasteiger partial charge in [-0.15, -0.1) is 0 Å². The van der Waals surface area contributed by atoms with Crippen LogP contribution < -0.4 is 0 Å². The van der Waals surface area contributed by atoms with Crippen molar-refractivity contribution in [2.45, 2.75) is 129 Å². The number of rotatable bonds is 0. The maximum Gasteiger partial charge on any atom is 0.320 e. The highest BCUT2D eigenvalue weighted by molar-refractivity contribution is 6.17. The molecular weight excluding hydrogens is 672 g/mol. The predicted molar refractivity (Wildman–Crippen MR) is 175 cm³/mol. The third-order valence-electron chi connectivity index (χ3n) is 18.9. The van der Waals surface area contributed by atoms with Crippen molar-refractivity contribution in [2.24, 2.45) is 78.8 Å². The van der Waals surface area contributed by atoms with Crippen molar-refractivity contribution < 1.29 is 58.6 Å². The van der Waals surface area contributed by atoms with Crippen LogP contribution in [-0.4, -0.2) is 94.1 Å². The average molecular weight is 725 g/mol. The summed E-state index contributed by atoms with van der Waals surface area (Å²) in [7, 11) is 0. The lowest BCUT2D eigenvalue weighted by Crippen LogP contribution is -2.72. The second-order valence-electron chi connectivity index (χ2n) is 20.8. The molecule has 12 heteroatoms. The van der Waals surface area contributed by atoms with Crippen LogP contribution >= 0.6 is 0 Å². The van der Waals surface area contributed by atoms with Gasteiger partial charge in [-0.2, -0.15) is 0 Å². The van der Waals surface area contributed by atoms with Crippen molar-refractivity contribution in [3.8, 4) is 0 Å². The molecule has 11 rings (SSSR count). The van der Waals surface area contributed by atoms with Crippen molar-refractivity contribution >= 4 is 23.5 Å². The SMILES string of the molecule is CC1(C)CC[C@@H]2OC(=O)[C@@]34C[C@@H](C[C@H](O)[C@H]3[C@]23CO[C@@H](O)[C@H]13)[C@@]1(CC[C@]12C(=O)[C@]13C[C@H]2C[C@H](O)[C@H]1[C@@]12CO[C@@H](O)[C@@H]1C(C)(C)CC[C@@H]2OC3=O)C4=O. The molecule has 11 aliphatic rings. The van der Waals surface area contributed by atoms with E-state index in [1.807, 2.05) is 0 Å². The molecule has 52 heavy (non-hydrogen) atoms. The van der Waals surface area contributed by atoms with E-state index in [1.54, 1.807) is 0 Å². The van der Waals surface area contributed by atoms with E-state index in [1.165, 1.54) is 0 Å². The summed E-state index contributed by atoms with van der Waals surface area (Å²) in [4.78, 5) is 60.9. The largest absolute Gasteiger partial charge is 0.461 e. The van der Waals surface area contributed by atoms with Crippen LogP contribution in [0.4, 0.5) is 0 Å². The molecule has 0 amide bonds.